The number of nitrogens with zero attached hydrogens (tertiary/aromatic N) is 4. The molecule has 0 amide bonds. The summed E-state index contributed by atoms with van der Waals surface area (Å²) < 4.78 is 2.46. The van der Waals surface area contributed by atoms with Crippen LogP contribution in [0.3, 0.4) is 0 Å². The van der Waals surface area contributed by atoms with Crippen LogP contribution in [0.5, 0.6) is 0 Å². The summed E-state index contributed by atoms with van der Waals surface area (Å²) in [7, 11) is 0. The van der Waals surface area contributed by atoms with Crippen molar-refractivity contribution in [1.29, 1.82) is 0 Å². The van der Waals surface area contributed by atoms with Crippen molar-refractivity contribution in [2.24, 2.45) is 0 Å². The largest absolute Gasteiger partial charge is 0.315 e. The second-order valence-corrected chi connectivity index (χ2v) is 6.92. The minimum atomic E-state index is 0.496. The molecular formula is C18H27N5. The van der Waals surface area contributed by atoms with Gasteiger partial charge in [-0.05, 0) is 57.5 Å². The monoisotopic (exact) mass is 313 g/mol. The quantitative estimate of drug-likeness (QED) is 0.946. The average Bonchev–Trinajstić information content (AvgIpc) is 3.02. The van der Waals surface area contributed by atoms with Gasteiger partial charge in [0.15, 0.2) is 5.65 Å². The van der Waals surface area contributed by atoms with E-state index in [-0.39, 0.29) is 0 Å². The van der Waals surface area contributed by atoms with Crippen molar-refractivity contribution in [3.63, 3.8) is 0 Å². The molecule has 1 N–H and O–H groups in total. The molecule has 0 aliphatic carbocycles. The van der Waals surface area contributed by atoms with Crippen molar-refractivity contribution < 1.29 is 0 Å². The molecule has 2 aliphatic heterocycles. The molecule has 2 aromatic heterocycles. The zero-order chi connectivity index (χ0) is 15.6. The molecule has 4 heterocycles. The summed E-state index contributed by atoms with van der Waals surface area (Å²) in [4.78, 5) is 12.3. The van der Waals surface area contributed by atoms with Crippen molar-refractivity contribution >= 4 is 11.2 Å². The van der Waals surface area contributed by atoms with Crippen LogP contribution in [0.4, 0.5) is 0 Å². The molecule has 0 aromatic carbocycles. The molecule has 5 nitrogen and oxygen atoms in total. The van der Waals surface area contributed by atoms with Gasteiger partial charge in [0.1, 0.15) is 11.3 Å². The Bertz CT molecular complexity index is 658. The van der Waals surface area contributed by atoms with E-state index in [1.807, 2.05) is 12.3 Å². The van der Waals surface area contributed by atoms with Crippen LogP contribution in [0.15, 0.2) is 18.3 Å². The van der Waals surface area contributed by atoms with Gasteiger partial charge in [0, 0.05) is 31.2 Å². The van der Waals surface area contributed by atoms with Crippen molar-refractivity contribution in [3.8, 4) is 0 Å². The first-order valence-corrected chi connectivity index (χ1v) is 9.12. The van der Waals surface area contributed by atoms with Crippen LogP contribution in [-0.4, -0.2) is 52.2 Å². The predicted molar refractivity (Wildman–Crippen MR) is 92.8 cm³/mol. The smallest absolute Gasteiger partial charge is 0.160 e. The average molecular weight is 313 g/mol. The predicted octanol–water partition coefficient (Wildman–Crippen LogP) is 2.56. The molecule has 2 atom stereocenters. The third kappa shape index (κ3) is 2.88. The molecule has 4 rings (SSSR count). The van der Waals surface area contributed by atoms with Crippen LogP contribution < -0.4 is 5.32 Å². The van der Waals surface area contributed by atoms with Crippen LogP contribution in [0.1, 0.15) is 50.4 Å². The fraction of sp³-hybridized carbons (Fsp3) is 0.667. The second kappa shape index (κ2) is 6.57. The first kappa shape index (κ1) is 15.1. The molecule has 0 radical (unpaired) electrons. The topological polar surface area (TPSA) is 46.0 Å². The molecule has 124 valence electrons. The number of imidazole rings is 1. The van der Waals surface area contributed by atoms with Crippen LogP contribution in [0, 0.1) is 0 Å². The van der Waals surface area contributed by atoms with Crippen LogP contribution >= 0.6 is 0 Å². The summed E-state index contributed by atoms with van der Waals surface area (Å²) in [5.74, 6) is 1.81. The Morgan fingerprint density at radius 3 is 3.09 bits per heavy atom. The van der Waals surface area contributed by atoms with Gasteiger partial charge in [-0.1, -0.05) is 6.92 Å². The van der Waals surface area contributed by atoms with Crippen molar-refractivity contribution in [2.45, 2.75) is 44.6 Å². The van der Waals surface area contributed by atoms with E-state index in [1.54, 1.807) is 0 Å². The van der Waals surface area contributed by atoms with Gasteiger partial charge >= 0.3 is 0 Å². The summed E-state index contributed by atoms with van der Waals surface area (Å²) in [5, 5.41) is 3.55. The minimum absolute atomic E-state index is 0.496. The number of rotatable bonds is 3. The molecule has 0 bridgehead atoms. The lowest BCUT2D eigenvalue weighted by Gasteiger charge is -2.33. The molecule has 2 fully saturated rings. The Labute approximate surface area is 138 Å². The van der Waals surface area contributed by atoms with E-state index in [0.717, 1.165) is 37.3 Å². The summed E-state index contributed by atoms with van der Waals surface area (Å²) in [5.41, 5.74) is 2.13. The number of hydrogen-bond acceptors (Lipinski definition) is 4. The summed E-state index contributed by atoms with van der Waals surface area (Å²) in [6.45, 7) is 7.95. The first-order valence-electron chi connectivity index (χ1n) is 9.12. The maximum Gasteiger partial charge on any atom is 0.160 e. The second-order valence-electron chi connectivity index (χ2n) is 6.92. The van der Waals surface area contributed by atoms with Gasteiger partial charge in [0.25, 0.3) is 0 Å². The Balaban J connectivity index is 1.75. The zero-order valence-electron chi connectivity index (χ0n) is 14.0. The van der Waals surface area contributed by atoms with Gasteiger partial charge in [-0.25, -0.2) is 9.97 Å². The maximum atomic E-state index is 5.03. The van der Waals surface area contributed by atoms with Crippen molar-refractivity contribution in [2.75, 3.05) is 32.7 Å². The van der Waals surface area contributed by atoms with E-state index >= 15 is 0 Å². The normalized spacial score (nSPS) is 26.7. The van der Waals surface area contributed by atoms with Gasteiger partial charge in [-0.2, -0.15) is 0 Å². The number of hydrogen-bond donors (Lipinski definition) is 1. The molecule has 0 spiro atoms. The van der Waals surface area contributed by atoms with Crippen LogP contribution in [0.2, 0.25) is 0 Å². The number of nitrogens with one attached hydrogen (secondary N) is 1. The molecule has 2 saturated heterocycles. The van der Waals surface area contributed by atoms with E-state index in [0.29, 0.717) is 12.0 Å². The standard InChI is InChI=1S/C18H27N5/c1-2-22-11-5-6-14(13-22)17-21-16-8-4-10-20-18(16)23(17)15-7-3-9-19-12-15/h4,8,10,14-15,19H,2-3,5-7,9,11-13H2,1H3. The van der Waals surface area contributed by atoms with E-state index in [2.05, 4.69) is 32.8 Å². The number of fused-ring (bicyclic) bond motifs is 1. The van der Waals surface area contributed by atoms with E-state index in [9.17, 15) is 0 Å². The fourth-order valence-corrected chi connectivity index (χ4v) is 4.20. The summed E-state index contributed by atoms with van der Waals surface area (Å²) >= 11 is 0. The molecule has 2 aromatic rings. The maximum absolute atomic E-state index is 5.03. The Morgan fingerprint density at radius 1 is 1.30 bits per heavy atom. The molecule has 2 aliphatic rings. The minimum Gasteiger partial charge on any atom is -0.315 e. The lowest BCUT2D eigenvalue weighted by molar-refractivity contribution is 0.209. The molecule has 0 saturated carbocycles. The Hall–Kier alpha value is -1.46. The third-order valence-corrected chi connectivity index (χ3v) is 5.43. The van der Waals surface area contributed by atoms with Crippen LogP contribution in [0.25, 0.3) is 11.2 Å². The fourth-order valence-electron chi connectivity index (χ4n) is 4.20. The zero-order valence-corrected chi connectivity index (χ0v) is 14.0. The van der Waals surface area contributed by atoms with E-state index in [1.165, 1.54) is 38.1 Å². The van der Waals surface area contributed by atoms with Gasteiger partial charge in [0.05, 0.1) is 0 Å². The van der Waals surface area contributed by atoms with Crippen LogP contribution in [-0.2, 0) is 0 Å². The number of pyridine rings is 1. The van der Waals surface area contributed by atoms with Gasteiger partial charge < -0.3 is 14.8 Å². The highest BCUT2D eigenvalue weighted by Crippen LogP contribution is 2.32. The first-order chi connectivity index (χ1) is 11.4. The molecule has 5 heteroatoms. The van der Waals surface area contributed by atoms with Gasteiger partial charge in [0.2, 0.25) is 0 Å². The third-order valence-electron chi connectivity index (χ3n) is 5.43. The highest BCUT2D eigenvalue weighted by Gasteiger charge is 2.29. The summed E-state index contributed by atoms with van der Waals surface area (Å²) in [6, 6.07) is 4.61. The van der Waals surface area contributed by atoms with Crippen molar-refractivity contribution in [3.05, 3.63) is 24.2 Å². The molecule has 2 unspecified atom stereocenters. The van der Waals surface area contributed by atoms with E-state index < -0.39 is 0 Å². The van der Waals surface area contributed by atoms with Crippen molar-refractivity contribution in [1.82, 2.24) is 24.8 Å². The number of likely N-dealkylation sites (tertiary alicyclic amines) is 1. The highest BCUT2D eigenvalue weighted by atomic mass is 15.2. The lowest BCUT2D eigenvalue weighted by atomic mass is 9.96. The molecule has 23 heavy (non-hydrogen) atoms. The van der Waals surface area contributed by atoms with E-state index in [4.69, 9.17) is 4.98 Å². The Morgan fingerprint density at radius 2 is 2.26 bits per heavy atom. The van der Waals surface area contributed by atoms with Gasteiger partial charge in [-0.3, -0.25) is 0 Å². The SMILES string of the molecule is CCN1CCCC(c2nc3cccnc3n2C2CCCNC2)C1. The lowest BCUT2D eigenvalue weighted by Crippen LogP contribution is -2.37. The molecular weight excluding hydrogens is 286 g/mol. The number of piperidine rings is 2. The highest BCUT2D eigenvalue weighted by molar-refractivity contribution is 5.71. The number of aromatic nitrogens is 3. The van der Waals surface area contributed by atoms with Gasteiger partial charge in [-0.15, -0.1) is 0 Å². The summed E-state index contributed by atoms with van der Waals surface area (Å²) in [6.07, 6.45) is 6.90. The number of likely N-dealkylation sites (N-methyl/N-ethyl adjacent to an activating group) is 1. The Kier molecular flexibility index (Phi) is 4.31.